The van der Waals surface area contributed by atoms with E-state index in [2.05, 4.69) is 22.2 Å². The number of aromatic nitrogens is 1. The number of nitrogens with one attached hydrogen (secondary N) is 1. The van der Waals surface area contributed by atoms with E-state index in [1.54, 1.807) is 13.3 Å². The lowest BCUT2D eigenvalue weighted by Gasteiger charge is -2.20. The second-order valence-corrected chi connectivity index (χ2v) is 5.79. The lowest BCUT2D eigenvalue weighted by molar-refractivity contribution is 0.198. The highest BCUT2D eigenvalue weighted by atomic mass is 16.5. The molecule has 1 aromatic heterocycles. The summed E-state index contributed by atoms with van der Waals surface area (Å²) < 4.78 is 11.4. The topological polar surface area (TPSA) is 46.6 Å². The molecule has 0 aliphatic carbocycles. The summed E-state index contributed by atoms with van der Waals surface area (Å²) in [6.07, 6.45) is 4.21. The molecule has 1 N–H and O–H groups in total. The molecule has 1 aliphatic rings. The van der Waals surface area contributed by atoms with Gasteiger partial charge in [0.1, 0.15) is 23.9 Å². The quantitative estimate of drug-likeness (QED) is 0.886. The third-order valence-corrected chi connectivity index (χ3v) is 4.21. The Hall–Kier alpha value is -2.27. The van der Waals surface area contributed by atoms with Crippen LogP contribution in [0.2, 0.25) is 0 Å². The number of pyridine rings is 1. The minimum atomic E-state index is 0.507. The highest BCUT2D eigenvalue weighted by molar-refractivity contribution is 5.65. The van der Waals surface area contributed by atoms with Crippen molar-refractivity contribution in [3.05, 3.63) is 42.6 Å². The number of ether oxygens (including phenoxy) is 2. The molecule has 5 nitrogen and oxygen atoms in total. The van der Waals surface area contributed by atoms with Crippen molar-refractivity contribution in [3.63, 3.8) is 0 Å². The van der Waals surface area contributed by atoms with Gasteiger partial charge in [0.2, 0.25) is 0 Å². The molecule has 1 aliphatic heterocycles. The normalized spacial score (nSPS) is 17.9. The molecule has 5 heteroatoms. The van der Waals surface area contributed by atoms with E-state index >= 15 is 0 Å². The minimum Gasteiger partial charge on any atom is -0.494 e. The van der Waals surface area contributed by atoms with Gasteiger partial charge in [-0.2, -0.15) is 0 Å². The van der Waals surface area contributed by atoms with Crippen molar-refractivity contribution < 1.29 is 9.47 Å². The van der Waals surface area contributed by atoms with Gasteiger partial charge in [-0.05, 0) is 50.7 Å². The molecule has 3 rings (SSSR count). The third kappa shape index (κ3) is 3.93. The first-order valence-corrected chi connectivity index (χ1v) is 7.95. The number of benzene rings is 1. The molecule has 23 heavy (non-hydrogen) atoms. The Morgan fingerprint density at radius 2 is 2.22 bits per heavy atom. The molecule has 0 radical (unpaired) electrons. The van der Waals surface area contributed by atoms with Crippen molar-refractivity contribution in [1.82, 2.24) is 9.88 Å². The molecule has 122 valence electrons. The van der Waals surface area contributed by atoms with Gasteiger partial charge in [0.15, 0.2) is 0 Å². The first-order valence-electron chi connectivity index (χ1n) is 7.95. The van der Waals surface area contributed by atoms with Crippen LogP contribution in [-0.4, -0.2) is 43.2 Å². The van der Waals surface area contributed by atoms with Crippen LogP contribution >= 0.6 is 0 Å². The average molecular weight is 313 g/mol. The lowest BCUT2D eigenvalue weighted by Crippen LogP contribution is -2.30. The van der Waals surface area contributed by atoms with Crippen LogP contribution in [0.25, 0.3) is 0 Å². The monoisotopic (exact) mass is 313 g/mol. The first-order chi connectivity index (χ1) is 11.3. The second-order valence-electron chi connectivity index (χ2n) is 5.79. The Balaban J connectivity index is 1.66. The van der Waals surface area contributed by atoms with Gasteiger partial charge >= 0.3 is 0 Å². The Morgan fingerprint density at radius 1 is 1.30 bits per heavy atom. The van der Waals surface area contributed by atoms with E-state index < -0.39 is 0 Å². The van der Waals surface area contributed by atoms with Crippen LogP contribution in [0.15, 0.2) is 42.6 Å². The Morgan fingerprint density at radius 3 is 2.91 bits per heavy atom. The lowest BCUT2D eigenvalue weighted by atomic mass is 10.2. The Kier molecular flexibility index (Phi) is 4.98. The molecule has 1 aromatic carbocycles. The molecular formula is C18H23N3O2. The van der Waals surface area contributed by atoms with Gasteiger partial charge in [-0.15, -0.1) is 0 Å². The van der Waals surface area contributed by atoms with Crippen molar-refractivity contribution in [2.75, 3.05) is 32.6 Å². The number of hydrogen-bond donors (Lipinski definition) is 1. The summed E-state index contributed by atoms with van der Waals surface area (Å²) in [5, 5.41) is 3.26. The second kappa shape index (κ2) is 7.33. The molecule has 1 fully saturated rings. The van der Waals surface area contributed by atoms with Gasteiger partial charge in [-0.3, -0.25) is 0 Å². The summed E-state index contributed by atoms with van der Waals surface area (Å²) in [4.78, 5) is 6.62. The van der Waals surface area contributed by atoms with Crippen LogP contribution in [0.4, 0.5) is 11.5 Å². The maximum absolute atomic E-state index is 5.94. The van der Waals surface area contributed by atoms with E-state index in [0.29, 0.717) is 12.6 Å². The zero-order valence-corrected chi connectivity index (χ0v) is 13.7. The fraction of sp³-hybridized carbons (Fsp3) is 0.389. The largest absolute Gasteiger partial charge is 0.494 e. The molecule has 0 bridgehead atoms. The van der Waals surface area contributed by atoms with E-state index in [-0.39, 0.29) is 0 Å². The number of likely N-dealkylation sites (tertiary alicyclic amines) is 1. The van der Waals surface area contributed by atoms with Crippen molar-refractivity contribution in [2.45, 2.75) is 18.9 Å². The number of rotatable bonds is 6. The van der Waals surface area contributed by atoms with Crippen molar-refractivity contribution in [1.29, 1.82) is 0 Å². The molecular weight excluding hydrogens is 290 g/mol. The molecule has 1 unspecified atom stereocenters. The van der Waals surface area contributed by atoms with Crippen molar-refractivity contribution >= 4 is 11.5 Å². The van der Waals surface area contributed by atoms with Crippen LogP contribution in [0.5, 0.6) is 11.5 Å². The minimum absolute atomic E-state index is 0.507. The number of methoxy groups -OCH3 is 1. The van der Waals surface area contributed by atoms with Gasteiger partial charge in [0.05, 0.1) is 12.8 Å². The Bertz CT molecular complexity index is 633. The predicted octanol–water partition coefficient (Wildman–Crippen LogP) is 3.31. The SMILES string of the molecule is COc1cc(OCC2CCCN2C)ccc1Nc1ccccn1. The molecule has 0 amide bonds. The zero-order chi connectivity index (χ0) is 16.1. The number of likely N-dealkylation sites (N-methyl/N-ethyl adjacent to an activating group) is 1. The molecule has 0 spiro atoms. The molecule has 1 saturated heterocycles. The van der Waals surface area contributed by atoms with Crippen LogP contribution < -0.4 is 14.8 Å². The van der Waals surface area contributed by atoms with Gasteiger partial charge in [-0.1, -0.05) is 6.07 Å². The molecule has 0 saturated carbocycles. The van der Waals surface area contributed by atoms with E-state index in [4.69, 9.17) is 9.47 Å². The number of hydrogen-bond acceptors (Lipinski definition) is 5. The maximum atomic E-state index is 5.94. The predicted molar refractivity (Wildman–Crippen MR) is 91.7 cm³/mol. The van der Waals surface area contributed by atoms with Crippen LogP contribution in [0.3, 0.4) is 0 Å². The first kappa shape index (κ1) is 15.6. The summed E-state index contributed by atoms with van der Waals surface area (Å²) in [6.45, 7) is 1.87. The van der Waals surface area contributed by atoms with Gasteiger partial charge in [0, 0.05) is 18.3 Å². The van der Waals surface area contributed by atoms with Gasteiger partial charge < -0.3 is 19.7 Å². The number of anilines is 2. The van der Waals surface area contributed by atoms with Gasteiger partial charge in [0.25, 0.3) is 0 Å². The third-order valence-electron chi connectivity index (χ3n) is 4.21. The Labute approximate surface area is 137 Å². The van der Waals surface area contributed by atoms with E-state index in [0.717, 1.165) is 29.5 Å². The van der Waals surface area contributed by atoms with E-state index in [1.165, 1.54) is 12.8 Å². The highest BCUT2D eigenvalue weighted by Gasteiger charge is 2.21. The van der Waals surface area contributed by atoms with Crippen LogP contribution in [0.1, 0.15) is 12.8 Å². The summed E-state index contributed by atoms with van der Waals surface area (Å²) >= 11 is 0. The summed E-state index contributed by atoms with van der Waals surface area (Å²) in [5.41, 5.74) is 0.872. The summed E-state index contributed by atoms with van der Waals surface area (Å²) in [6, 6.07) is 12.1. The van der Waals surface area contributed by atoms with E-state index in [9.17, 15) is 0 Å². The number of nitrogens with zero attached hydrogens (tertiary/aromatic N) is 2. The molecule has 1 atom stereocenters. The van der Waals surface area contributed by atoms with Crippen molar-refractivity contribution in [2.24, 2.45) is 0 Å². The summed E-state index contributed by atoms with van der Waals surface area (Å²) in [7, 11) is 3.81. The molecule has 2 heterocycles. The van der Waals surface area contributed by atoms with Gasteiger partial charge in [-0.25, -0.2) is 4.98 Å². The maximum Gasteiger partial charge on any atom is 0.146 e. The smallest absolute Gasteiger partial charge is 0.146 e. The van der Waals surface area contributed by atoms with E-state index in [1.807, 2.05) is 36.4 Å². The average Bonchev–Trinajstić information content (AvgIpc) is 3.00. The van der Waals surface area contributed by atoms with Crippen LogP contribution in [0, 0.1) is 0 Å². The molecule has 2 aromatic rings. The summed E-state index contributed by atoms with van der Waals surface area (Å²) in [5.74, 6) is 2.36. The fourth-order valence-electron chi connectivity index (χ4n) is 2.82. The zero-order valence-electron chi connectivity index (χ0n) is 13.7. The standard InChI is InChI=1S/C18H23N3O2/c1-21-11-5-6-14(21)13-23-15-8-9-16(17(12-15)22-2)20-18-7-3-4-10-19-18/h3-4,7-10,12,14H,5-6,11,13H2,1-2H3,(H,19,20). The highest BCUT2D eigenvalue weighted by Crippen LogP contribution is 2.31. The van der Waals surface area contributed by atoms with Crippen LogP contribution in [-0.2, 0) is 0 Å². The van der Waals surface area contributed by atoms with Crippen molar-refractivity contribution in [3.8, 4) is 11.5 Å². The fourth-order valence-corrected chi connectivity index (χ4v) is 2.82.